The van der Waals surface area contributed by atoms with Gasteiger partial charge in [0.2, 0.25) is 0 Å². The van der Waals surface area contributed by atoms with Gasteiger partial charge in [-0.25, -0.2) is 0 Å². The minimum absolute atomic E-state index is 0.0524. The fraction of sp³-hybridized carbons (Fsp3) is 0.786. The Kier molecular flexibility index (Phi) is 3.19. The zero-order valence-electron chi connectivity index (χ0n) is 11.7. The third kappa shape index (κ3) is 2.80. The number of aliphatic imine (C=N–C) groups is 1. The van der Waals surface area contributed by atoms with E-state index in [1.165, 1.54) is 0 Å². The Morgan fingerprint density at radius 2 is 2.05 bits per heavy atom. The second-order valence-corrected chi connectivity index (χ2v) is 6.97. The first-order valence-electron chi connectivity index (χ1n) is 6.55. The summed E-state index contributed by atoms with van der Waals surface area (Å²) in [6.07, 6.45) is 4.00. The molecule has 0 spiro atoms. The van der Waals surface area contributed by atoms with E-state index in [1.54, 1.807) is 6.21 Å². The molecule has 19 heavy (non-hydrogen) atoms. The molecule has 0 N–H and O–H groups in total. The highest BCUT2D eigenvalue weighted by atomic mass is 16.5. The molecule has 2 aliphatic rings. The molecule has 1 aliphatic carbocycles. The fourth-order valence-corrected chi connectivity index (χ4v) is 4.09. The van der Waals surface area contributed by atoms with Crippen LogP contribution in [-0.2, 0) is 14.3 Å². The van der Waals surface area contributed by atoms with Gasteiger partial charge < -0.3 is 14.6 Å². The number of cyclic esters (lactones) is 1. The van der Waals surface area contributed by atoms with Gasteiger partial charge in [0, 0.05) is 17.0 Å². The summed E-state index contributed by atoms with van der Waals surface area (Å²) in [6, 6.07) is 0. The van der Waals surface area contributed by atoms with Crippen LogP contribution in [0, 0.1) is 16.2 Å². The van der Waals surface area contributed by atoms with Crippen LogP contribution in [0.5, 0.6) is 0 Å². The quantitative estimate of drug-likeness (QED) is 0.552. The summed E-state index contributed by atoms with van der Waals surface area (Å²) in [4.78, 5) is 26.3. The Hall–Kier alpha value is -1.39. The van der Waals surface area contributed by atoms with E-state index in [0.717, 1.165) is 12.8 Å². The summed E-state index contributed by atoms with van der Waals surface area (Å²) in [6.45, 7) is 6.18. The average molecular weight is 266 g/mol. The topological polar surface area (TPSA) is 78.8 Å². The van der Waals surface area contributed by atoms with Crippen molar-refractivity contribution in [2.24, 2.45) is 21.2 Å². The van der Waals surface area contributed by atoms with E-state index in [-0.39, 0.29) is 23.3 Å². The number of hydrogen-bond acceptors (Lipinski definition) is 5. The number of hydrogen-bond donors (Lipinski definition) is 0. The smallest absolute Gasteiger partial charge is 0.311 e. The van der Waals surface area contributed by atoms with Crippen molar-refractivity contribution in [3.63, 3.8) is 0 Å². The maximum Gasteiger partial charge on any atom is 0.311 e. The van der Waals surface area contributed by atoms with E-state index in [4.69, 9.17) is 4.74 Å². The first kappa shape index (κ1) is 14.0. The van der Waals surface area contributed by atoms with Crippen molar-refractivity contribution in [2.45, 2.75) is 40.0 Å². The van der Waals surface area contributed by atoms with Crippen LogP contribution >= 0.6 is 0 Å². The largest absolute Gasteiger partial charge is 0.548 e. The zero-order chi connectivity index (χ0) is 14.3. The van der Waals surface area contributed by atoms with Crippen LogP contribution in [0.2, 0.25) is 0 Å². The van der Waals surface area contributed by atoms with Crippen LogP contribution in [0.15, 0.2) is 4.99 Å². The van der Waals surface area contributed by atoms with Crippen molar-refractivity contribution in [2.75, 3.05) is 13.2 Å². The van der Waals surface area contributed by atoms with Gasteiger partial charge in [0.05, 0.1) is 24.5 Å². The van der Waals surface area contributed by atoms with Crippen molar-refractivity contribution >= 4 is 18.2 Å². The molecule has 5 nitrogen and oxygen atoms in total. The molecule has 0 amide bonds. The molecule has 0 aromatic heterocycles. The van der Waals surface area contributed by atoms with Gasteiger partial charge in [-0.15, -0.1) is 0 Å². The number of carbonyl (C=O) groups is 2. The summed E-state index contributed by atoms with van der Waals surface area (Å²) in [5, 5.41) is 10.4. The summed E-state index contributed by atoms with van der Waals surface area (Å²) >= 11 is 0. The third-order valence-corrected chi connectivity index (χ3v) is 4.11. The number of esters is 1. The minimum atomic E-state index is -1.19. The number of rotatable bonds is 3. The standard InChI is InChI=1S/C14H21NO4/c1-12(8-15-4-10(16)17)5-13(2)7-14(3,6-12)11(18)19-9-13/h8H,4-7,9H2,1-3H3,(H,16,17)/p-1/t12-,13+,14-/m0/s1. The number of carboxylic acid groups (broad SMARTS) is 1. The van der Waals surface area contributed by atoms with E-state index in [1.807, 2.05) is 13.8 Å². The first-order valence-corrected chi connectivity index (χ1v) is 6.55. The van der Waals surface area contributed by atoms with E-state index in [9.17, 15) is 14.7 Å². The van der Waals surface area contributed by atoms with E-state index < -0.39 is 11.4 Å². The van der Waals surface area contributed by atoms with Crippen molar-refractivity contribution in [1.82, 2.24) is 0 Å². The summed E-state index contributed by atoms with van der Waals surface area (Å²) in [7, 11) is 0. The Bertz CT molecular complexity index is 447. The van der Waals surface area contributed by atoms with Gasteiger partial charge in [0.1, 0.15) is 0 Å². The monoisotopic (exact) mass is 266 g/mol. The molecular weight excluding hydrogens is 246 g/mol. The predicted octanol–water partition coefficient (Wildman–Crippen LogP) is 0.567. The zero-order valence-corrected chi connectivity index (χ0v) is 11.7. The maximum absolute atomic E-state index is 12.0. The minimum Gasteiger partial charge on any atom is -0.548 e. The van der Waals surface area contributed by atoms with Crippen molar-refractivity contribution in [3.8, 4) is 0 Å². The Labute approximate surface area is 113 Å². The highest BCUT2D eigenvalue weighted by Crippen LogP contribution is 2.56. The summed E-state index contributed by atoms with van der Waals surface area (Å²) in [5.41, 5.74) is -0.812. The highest BCUT2D eigenvalue weighted by molar-refractivity contribution is 5.80. The van der Waals surface area contributed by atoms with Crippen molar-refractivity contribution in [1.29, 1.82) is 0 Å². The molecule has 106 valence electrons. The molecule has 1 saturated heterocycles. The third-order valence-electron chi connectivity index (χ3n) is 4.11. The Balaban J connectivity index is 2.21. The lowest BCUT2D eigenvalue weighted by Crippen LogP contribution is -2.53. The Morgan fingerprint density at radius 1 is 1.37 bits per heavy atom. The molecule has 0 aromatic carbocycles. The molecule has 2 bridgehead atoms. The molecule has 2 fully saturated rings. The normalized spacial score (nSPS) is 42.2. The van der Waals surface area contributed by atoms with Crippen molar-refractivity contribution < 1.29 is 19.4 Å². The summed E-state index contributed by atoms with van der Waals surface area (Å²) < 4.78 is 5.30. The second-order valence-electron chi connectivity index (χ2n) is 6.97. The number of carboxylic acids is 1. The van der Waals surface area contributed by atoms with Crippen molar-refractivity contribution in [3.05, 3.63) is 0 Å². The molecule has 1 saturated carbocycles. The number of ether oxygens (including phenoxy) is 1. The highest BCUT2D eigenvalue weighted by Gasteiger charge is 2.55. The lowest BCUT2D eigenvalue weighted by Gasteiger charge is -2.53. The predicted molar refractivity (Wildman–Crippen MR) is 67.5 cm³/mol. The Morgan fingerprint density at radius 3 is 2.68 bits per heavy atom. The van der Waals surface area contributed by atoms with Crippen LogP contribution in [0.4, 0.5) is 0 Å². The van der Waals surface area contributed by atoms with E-state index in [2.05, 4.69) is 11.9 Å². The maximum atomic E-state index is 12.0. The molecule has 2 rings (SSSR count). The molecule has 1 aliphatic heterocycles. The first-order chi connectivity index (χ1) is 8.67. The van der Waals surface area contributed by atoms with E-state index in [0.29, 0.717) is 13.0 Å². The van der Waals surface area contributed by atoms with Gasteiger partial charge in [-0.3, -0.25) is 9.79 Å². The molecule has 0 unspecified atom stereocenters. The molecule has 0 aromatic rings. The van der Waals surface area contributed by atoms with Crippen LogP contribution in [0.3, 0.4) is 0 Å². The molecule has 1 heterocycles. The lowest BCUT2D eigenvalue weighted by molar-refractivity contribution is -0.303. The van der Waals surface area contributed by atoms with Gasteiger partial charge in [-0.1, -0.05) is 13.8 Å². The van der Waals surface area contributed by atoms with Crippen LogP contribution in [-0.4, -0.2) is 31.3 Å². The average Bonchev–Trinajstić information content (AvgIpc) is 2.21. The van der Waals surface area contributed by atoms with Gasteiger partial charge in [-0.2, -0.15) is 0 Å². The van der Waals surface area contributed by atoms with Gasteiger partial charge in [-0.05, 0) is 26.2 Å². The lowest BCUT2D eigenvalue weighted by atomic mass is 9.54. The number of fused-ring (bicyclic) bond motifs is 2. The fourth-order valence-electron chi connectivity index (χ4n) is 4.09. The number of carbonyl (C=O) groups excluding carboxylic acids is 2. The van der Waals surface area contributed by atoms with Gasteiger partial charge in [0.15, 0.2) is 0 Å². The van der Waals surface area contributed by atoms with Crippen LogP contribution in [0.25, 0.3) is 0 Å². The van der Waals surface area contributed by atoms with E-state index >= 15 is 0 Å². The summed E-state index contributed by atoms with van der Waals surface area (Å²) in [5.74, 6) is -1.34. The number of aliphatic carboxylic acids is 1. The number of nitrogens with zero attached hydrogens (tertiary/aromatic N) is 1. The second kappa shape index (κ2) is 4.32. The molecular formula is C14H20NO4-. The SMILES string of the molecule is C[C@]1(C=NCC(=O)[O-])C[C@@]2(C)COC(=O)[C@@](C)(C1)C2. The molecule has 3 atom stereocenters. The van der Waals surface area contributed by atoms with Gasteiger partial charge in [0.25, 0.3) is 0 Å². The molecule has 0 radical (unpaired) electrons. The van der Waals surface area contributed by atoms with Gasteiger partial charge >= 0.3 is 5.97 Å². The van der Waals surface area contributed by atoms with Crippen LogP contribution in [0.1, 0.15) is 40.0 Å². The molecule has 5 heteroatoms. The van der Waals surface area contributed by atoms with Crippen LogP contribution < -0.4 is 5.11 Å².